The van der Waals surface area contributed by atoms with Gasteiger partial charge in [0.1, 0.15) is 11.9 Å². The molecule has 1 unspecified atom stereocenters. The van der Waals surface area contributed by atoms with Crippen LogP contribution in [0.1, 0.15) is 37.2 Å². The van der Waals surface area contributed by atoms with E-state index in [9.17, 15) is 5.11 Å². The molecule has 1 aromatic heterocycles. The van der Waals surface area contributed by atoms with Crippen LogP contribution in [-0.2, 0) is 6.54 Å². The van der Waals surface area contributed by atoms with Gasteiger partial charge < -0.3 is 20.2 Å². The van der Waals surface area contributed by atoms with E-state index >= 15 is 0 Å². The van der Waals surface area contributed by atoms with Gasteiger partial charge in [-0.2, -0.15) is 0 Å². The van der Waals surface area contributed by atoms with Crippen LogP contribution in [0, 0.1) is 0 Å². The molecule has 0 bridgehead atoms. The maximum Gasteiger partial charge on any atom is 0.191 e. The molecule has 1 saturated heterocycles. The molecular formula is C21H29ClN4O2. The lowest BCUT2D eigenvalue weighted by Gasteiger charge is -2.33. The second-order valence-electron chi connectivity index (χ2n) is 7.07. The number of furan rings is 1. The van der Waals surface area contributed by atoms with E-state index in [1.165, 1.54) is 5.56 Å². The number of nitrogens with zero attached hydrogens (tertiary/aromatic N) is 2. The van der Waals surface area contributed by atoms with Crippen LogP contribution in [0.2, 0.25) is 5.02 Å². The Morgan fingerprint density at radius 3 is 2.68 bits per heavy atom. The summed E-state index contributed by atoms with van der Waals surface area (Å²) in [6, 6.07) is 12.0. The molecule has 0 saturated carbocycles. The Kier molecular flexibility index (Phi) is 7.77. The molecule has 28 heavy (non-hydrogen) atoms. The third kappa shape index (κ3) is 6.26. The van der Waals surface area contributed by atoms with E-state index in [2.05, 4.69) is 32.7 Å². The molecule has 1 aliphatic rings. The van der Waals surface area contributed by atoms with E-state index in [-0.39, 0.29) is 6.54 Å². The number of piperidine rings is 1. The van der Waals surface area contributed by atoms with Gasteiger partial charge in [-0.1, -0.05) is 23.7 Å². The number of halogens is 1. The quantitative estimate of drug-likeness (QED) is 0.488. The number of hydrogen-bond donors (Lipinski definition) is 3. The first-order chi connectivity index (χ1) is 13.6. The lowest BCUT2D eigenvalue weighted by atomic mass is 10.0. The number of aliphatic hydroxyl groups excluding tert-OH is 1. The molecular weight excluding hydrogens is 376 g/mol. The van der Waals surface area contributed by atoms with Gasteiger partial charge in [-0.05, 0) is 49.6 Å². The fraction of sp³-hybridized carbons (Fsp3) is 0.476. The summed E-state index contributed by atoms with van der Waals surface area (Å²) in [6.07, 6.45) is 2.94. The number of guanidine groups is 1. The number of likely N-dealkylation sites (tertiary alicyclic amines) is 1. The number of benzene rings is 1. The maximum atomic E-state index is 10.2. The van der Waals surface area contributed by atoms with E-state index < -0.39 is 6.10 Å². The smallest absolute Gasteiger partial charge is 0.191 e. The fourth-order valence-corrected chi connectivity index (χ4v) is 3.47. The van der Waals surface area contributed by atoms with Crippen molar-refractivity contribution in [2.75, 3.05) is 26.2 Å². The summed E-state index contributed by atoms with van der Waals surface area (Å²) in [4.78, 5) is 6.98. The highest BCUT2D eigenvalue weighted by atomic mass is 35.5. The largest absolute Gasteiger partial charge is 0.467 e. The molecule has 1 aliphatic heterocycles. The molecule has 0 aliphatic carbocycles. The maximum absolute atomic E-state index is 10.2. The van der Waals surface area contributed by atoms with Crippen molar-refractivity contribution in [2.45, 2.75) is 38.5 Å². The van der Waals surface area contributed by atoms with Gasteiger partial charge >= 0.3 is 0 Å². The third-order valence-electron chi connectivity index (χ3n) is 4.89. The summed E-state index contributed by atoms with van der Waals surface area (Å²) in [6.45, 7) is 6.10. The predicted molar refractivity (Wildman–Crippen MR) is 113 cm³/mol. The summed E-state index contributed by atoms with van der Waals surface area (Å²) in [5.74, 6) is 1.28. The van der Waals surface area contributed by atoms with Crippen molar-refractivity contribution in [1.29, 1.82) is 0 Å². The number of nitrogens with one attached hydrogen (secondary N) is 2. The zero-order chi connectivity index (χ0) is 19.8. The van der Waals surface area contributed by atoms with Crippen molar-refractivity contribution in [3.63, 3.8) is 0 Å². The van der Waals surface area contributed by atoms with Crippen molar-refractivity contribution >= 4 is 17.6 Å². The molecule has 6 nitrogen and oxygen atoms in total. The molecule has 3 N–H and O–H groups in total. The van der Waals surface area contributed by atoms with Crippen molar-refractivity contribution in [3.8, 4) is 0 Å². The van der Waals surface area contributed by atoms with E-state index in [0.29, 0.717) is 11.8 Å². The highest BCUT2D eigenvalue weighted by molar-refractivity contribution is 6.30. The molecule has 152 valence electrons. The Morgan fingerprint density at radius 2 is 2.04 bits per heavy atom. The highest BCUT2D eigenvalue weighted by Gasteiger charge is 2.20. The van der Waals surface area contributed by atoms with Crippen LogP contribution in [0.25, 0.3) is 0 Å². The zero-order valence-corrected chi connectivity index (χ0v) is 17.0. The molecule has 1 fully saturated rings. The van der Waals surface area contributed by atoms with Crippen LogP contribution in [0.4, 0.5) is 0 Å². The van der Waals surface area contributed by atoms with Gasteiger partial charge in [-0.25, -0.2) is 0 Å². The van der Waals surface area contributed by atoms with Crippen molar-refractivity contribution in [1.82, 2.24) is 15.5 Å². The second-order valence-corrected chi connectivity index (χ2v) is 7.51. The Bertz CT molecular complexity index is 725. The molecule has 1 atom stereocenters. The molecule has 7 heteroatoms. The topological polar surface area (TPSA) is 73.0 Å². The Labute approximate surface area is 171 Å². The first-order valence-electron chi connectivity index (χ1n) is 9.87. The molecule has 1 aromatic carbocycles. The Balaban J connectivity index is 1.46. The second kappa shape index (κ2) is 10.5. The SMILES string of the molecule is CCNC(=NCC(O)c1ccco1)NC1CCN(Cc2ccc(Cl)cc2)CC1. The van der Waals surface area contributed by atoms with Crippen LogP contribution in [0.3, 0.4) is 0 Å². The van der Waals surface area contributed by atoms with Gasteiger partial charge in [0.25, 0.3) is 0 Å². The van der Waals surface area contributed by atoms with Crippen molar-refractivity contribution in [3.05, 3.63) is 59.0 Å². The minimum absolute atomic E-state index is 0.262. The van der Waals surface area contributed by atoms with Crippen LogP contribution in [0.5, 0.6) is 0 Å². The van der Waals surface area contributed by atoms with E-state index in [4.69, 9.17) is 16.0 Å². The first-order valence-corrected chi connectivity index (χ1v) is 10.2. The number of rotatable bonds is 7. The molecule has 0 spiro atoms. The first kappa shape index (κ1) is 20.7. The summed E-state index contributed by atoms with van der Waals surface area (Å²) in [5, 5.41) is 17.7. The highest BCUT2D eigenvalue weighted by Crippen LogP contribution is 2.16. The molecule has 0 radical (unpaired) electrons. The monoisotopic (exact) mass is 404 g/mol. The van der Waals surface area contributed by atoms with Gasteiger partial charge in [-0.15, -0.1) is 0 Å². The lowest BCUT2D eigenvalue weighted by molar-refractivity contribution is 0.158. The van der Waals surface area contributed by atoms with Crippen LogP contribution >= 0.6 is 11.6 Å². The summed E-state index contributed by atoms with van der Waals surface area (Å²) in [7, 11) is 0. The summed E-state index contributed by atoms with van der Waals surface area (Å²) in [5.41, 5.74) is 1.29. The van der Waals surface area contributed by atoms with Gasteiger partial charge in [0.05, 0.1) is 12.8 Å². The Morgan fingerprint density at radius 1 is 1.29 bits per heavy atom. The van der Waals surface area contributed by atoms with Crippen molar-refractivity contribution in [2.24, 2.45) is 4.99 Å². The molecule has 3 rings (SSSR count). The summed E-state index contributed by atoms with van der Waals surface area (Å²) >= 11 is 5.96. The zero-order valence-electron chi connectivity index (χ0n) is 16.3. The fourth-order valence-electron chi connectivity index (χ4n) is 3.35. The van der Waals surface area contributed by atoms with Crippen molar-refractivity contribution < 1.29 is 9.52 Å². The number of aliphatic imine (C=N–C) groups is 1. The number of aliphatic hydroxyl groups is 1. The minimum atomic E-state index is -0.730. The van der Waals surface area contributed by atoms with Gasteiger partial charge in [-0.3, -0.25) is 9.89 Å². The average molecular weight is 405 g/mol. The lowest BCUT2D eigenvalue weighted by Crippen LogP contribution is -2.48. The standard InChI is InChI=1S/C21H29ClN4O2/c1-2-23-21(24-14-19(27)20-4-3-13-28-20)25-18-9-11-26(12-10-18)15-16-5-7-17(22)8-6-16/h3-8,13,18-19,27H,2,9-12,14-15H2,1H3,(H2,23,24,25). The molecule has 2 heterocycles. The molecule has 2 aromatic rings. The van der Waals surface area contributed by atoms with Gasteiger partial charge in [0.2, 0.25) is 0 Å². The third-order valence-corrected chi connectivity index (χ3v) is 5.14. The van der Waals surface area contributed by atoms with Crippen LogP contribution in [-0.4, -0.2) is 48.2 Å². The Hall–Kier alpha value is -2.02. The van der Waals surface area contributed by atoms with Gasteiger partial charge in [0.15, 0.2) is 5.96 Å². The van der Waals surface area contributed by atoms with Crippen LogP contribution in [0.15, 0.2) is 52.1 Å². The average Bonchev–Trinajstić information content (AvgIpc) is 3.24. The van der Waals surface area contributed by atoms with Crippen LogP contribution < -0.4 is 10.6 Å². The minimum Gasteiger partial charge on any atom is -0.467 e. The normalized spacial score (nSPS) is 17.5. The molecule has 0 amide bonds. The van der Waals surface area contributed by atoms with E-state index in [0.717, 1.165) is 50.0 Å². The van der Waals surface area contributed by atoms with E-state index in [1.807, 2.05) is 19.1 Å². The number of hydrogen-bond acceptors (Lipinski definition) is 4. The predicted octanol–water partition coefficient (Wildman–Crippen LogP) is 3.19. The summed E-state index contributed by atoms with van der Waals surface area (Å²) < 4.78 is 5.23. The van der Waals surface area contributed by atoms with Gasteiger partial charge in [0, 0.05) is 37.2 Å². The van der Waals surface area contributed by atoms with E-state index in [1.54, 1.807) is 18.4 Å².